The fraction of sp³-hybridized carbons (Fsp3) is 0.389. The van der Waals surface area contributed by atoms with Crippen LogP contribution >= 0.6 is 23.2 Å². The van der Waals surface area contributed by atoms with Gasteiger partial charge in [-0.3, -0.25) is 0 Å². The molecule has 2 rings (SSSR count). The van der Waals surface area contributed by atoms with Crippen LogP contribution in [0.5, 0.6) is 0 Å². The molecule has 198 valence electrons. The fourth-order valence-corrected chi connectivity index (χ4v) is 4.49. The number of sulfone groups is 1. The molecule has 0 aliphatic rings. The number of likely N-dealkylation sites (N-methyl/N-ethyl adjacent to an activating group) is 1. The van der Waals surface area contributed by atoms with Crippen molar-refractivity contribution in [3.05, 3.63) is 33.4 Å². The van der Waals surface area contributed by atoms with Crippen LogP contribution in [0.3, 0.4) is 0 Å². The average molecular weight is 583 g/mol. The predicted molar refractivity (Wildman–Crippen MR) is 113 cm³/mol. The highest BCUT2D eigenvalue weighted by Gasteiger charge is 2.51. The summed E-state index contributed by atoms with van der Waals surface area (Å²) in [5.74, 6) is -0.931. The Kier molecular flexibility index (Phi) is 8.64. The first-order valence-corrected chi connectivity index (χ1v) is 11.6. The number of hydrogen-bond acceptors (Lipinski definition) is 8. The van der Waals surface area contributed by atoms with E-state index in [0.29, 0.717) is 16.8 Å². The maximum Gasteiger partial charge on any atom is 0.508 e. The molecular formula is C18H14Cl2F6N4O5S. The highest BCUT2D eigenvalue weighted by Crippen LogP contribution is 2.43. The van der Waals surface area contributed by atoms with Gasteiger partial charge in [-0.05, 0) is 19.1 Å². The maximum absolute atomic E-state index is 13.5. The quantitative estimate of drug-likeness (QED) is 0.332. The second-order valence-electron chi connectivity index (χ2n) is 6.71. The van der Waals surface area contributed by atoms with Gasteiger partial charge in [-0.2, -0.15) is 36.7 Å². The van der Waals surface area contributed by atoms with Crippen LogP contribution in [0, 0.1) is 11.3 Å². The minimum atomic E-state index is -6.24. The lowest BCUT2D eigenvalue weighted by Gasteiger charge is -2.23. The van der Waals surface area contributed by atoms with Crippen LogP contribution in [0.4, 0.5) is 37.0 Å². The number of hydrogen-bond donors (Lipinski definition) is 0. The number of nitrogens with zero attached hydrogens (tertiary/aromatic N) is 4. The molecule has 2 aromatic rings. The Bertz CT molecular complexity index is 1280. The summed E-state index contributed by atoms with van der Waals surface area (Å²) < 4.78 is 114. The number of carbonyl (C=O) groups excluding carboxylic acids is 1. The van der Waals surface area contributed by atoms with Gasteiger partial charge in [-0.15, -0.1) is 0 Å². The van der Waals surface area contributed by atoms with Gasteiger partial charge in [0.2, 0.25) is 0 Å². The largest absolute Gasteiger partial charge is 0.508 e. The minimum Gasteiger partial charge on any atom is -0.435 e. The molecule has 0 unspecified atom stereocenters. The number of nitriles is 1. The molecule has 0 saturated heterocycles. The monoisotopic (exact) mass is 582 g/mol. The maximum atomic E-state index is 13.5. The molecule has 1 aromatic heterocycles. The van der Waals surface area contributed by atoms with E-state index in [1.165, 1.54) is 13.0 Å². The van der Waals surface area contributed by atoms with Crippen molar-refractivity contribution in [1.82, 2.24) is 9.78 Å². The van der Waals surface area contributed by atoms with E-state index in [1.54, 1.807) is 0 Å². The Labute approximate surface area is 209 Å². The lowest BCUT2D eigenvalue weighted by Crippen LogP contribution is -2.30. The average Bonchev–Trinajstić information content (AvgIpc) is 3.12. The summed E-state index contributed by atoms with van der Waals surface area (Å²) in [6, 6.07) is 2.00. The van der Waals surface area contributed by atoms with Crippen molar-refractivity contribution in [3.8, 4) is 11.8 Å². The Morgan fingerprint density at radius 3 is 2.17 bits per heavy atom. The van der Waals surface area contributed by atoms with E-state index < -0.39 is 78.5 Å². The predicted octanol–water partition coefficient (Wildman–Crippen LogP) is 4.97. The SMILES string of the molecule is CCOC(=O)OCCN(C)c1c(S(=O)(=O)C(F)(F)F)c(C#N)nn1-c1c(Cl)cc(C(F)(F)F)cc1Cl. The molecule has 0 aliphatic carbocycles. The molecule has 0 fully saturated rings. The van der Waals surface area contributed by atoms with Crippen molar-refractivity contribution < 1.29 is 49.0 Å². The Balaban J connectivity index is 2.80. The van der Waals surface area contributed by atoms with Gasteiger partial charge in [0.15, 0.2) is 16.4 Å². The van der Waals surface area contributed by atoms with E-state index in [2.05, 4.69) is 9.84 Å². The standard InChI is InChI=1S/C18H14Cl2F6N4O5S/c1-3-34-16(31)35-5-4-29(2)15-14(36(32,33)18(24,25)26)12(8-27)28-30(15)13-10(19)6-9(7-11(13)20)17(21,22)23/h6-7H,3-5H2,1-2H3. The van der Waals surface area contributed by atoms with E-state index in [-0.39, 0.29) is 6.61 Å². The molecule has 0 radical (unpaired) electrons. The summed E-state index contributed by atoms with van der Waals surface area (Å²) in [6.45, 7) is 0.404. The molecule has 0 N–H and O–H groups in total. The van der Waals surface area contributed by atoms with Gasteiger partial charge in [-0.25, -0.2) is 17.9 Å². The third-order valence-corrected chi connectivity index (χ3v) is 6.42. The van der Waals surface area contributed by atoms with Crippen molar-refractivity contribution in [3.63, 3.8) is 0 Å². The number of ether oxygens (including phenoxy) is 2. The topological polar surface area (TPSA) is 115 Å². The van der Waals surface area contributed by atoms with Gasteiger partial charge in [0.25, 0.3) is 9.84 Å². The number of anilines is 1. The Morgan fingerprint density at radius 2 is 1.72 bits per heavy atom. The van der Waals surface area contributed by atoms with Crippen LogP contribution in [0.25, 0.3) is 5.69 Å². The van der Waals surface area contributed by atoms with Gasteiger partial charge in [-0.1, -0.05) is 23.2 Å². The van der Waals surface area contributed by atoms with Crippen LogP contribution in [0.1, 0.15) is 18.2 Å². The van der Waals surface area contributed by atoms with Crippen LogP contribution in [-0.4, -0.2) is 56.7 Å². The van der Waals surface area contributed by atoms with E-state index in [9.17, 15) is 44.8 Å². The molecule has 0 saturated carbocycles. The van der Waals surface area contributed by atoms with E-state index in [4.69, 9.17) is 27.9 Å². The van der Waals surface area contributed by atoms with E-state index >= 15 is 0 Å². The van der Waals surface area contributed by atoms with Gasteiger partial charge < -0.3 is 14.4 Å². The van der Waals surface area contributed by atoms with Crippen molar-refractivity contribution in [1.29, 1.82) is 5.26 Å². The van der Waals surface area contributed by atoms with Crippen LogP contribution in [-0.2, 0) is 25.5 Å². The zero-order chi connectivity index (χ0) is 27.6. The third-order valence-electron chi connectivity index (χ3n) is 4.32. The second kappa shape index (κ2) is 10.6. The number of carbonyl (C=O) groups is 1. The number of halogens is 8. The zero-order valence-electron chi connectivity index (χ0n) is 18.0. The van der Waals surface area contributed by atoms with Crippen molar-refractivity contribution >= 4 is 45.0 Å². The molecular weight excluding hydrogens is 569 g/mol. The lowest BCUT2D eigenvalue weighted by molar-refractivity contribution is -0.137. The van der Waals surface area contributed by atoms with E-state index in [1.807, 2.05) is 0 Å². The smallest absolute Gasteiger partial charge is 0.435 e. The molecule has 0 atom stereocenters. The molecule has 1 aromatic carbocycles. The Hall–Kier alpha value is -2.90. The summed E-state index contributed by atoms with van der Waals surface area (Å²) in [4.78, 5) is 10.6. The molecule has 0 amide bonds. The molecule has 0 bridgehead atoms. The summed E-state index contributed by atoms with van der Waals surface area (Å²) in [5, 5.41) is 11.3. The fourth-order valence-electron chi connectivity index (χ4n) is 2.78. The first-order valence-electron chi connectivity index (χ1n) is 9.39. The van der Waals surface area contributed by atoms with Crippen molar-refractivity contribution in [2.75, 3.05) is 31.7 Å². The highest BCUT2D eigenvalue weighted by atomic mass is 35.5. The highest BCUT2D eigenvalue weighted by molar-refractivity contribution is 7.92. The van der Waals surface area contributed by atoms with Crippen LogP contribution in [0.15, 0.2) is 17.0 Å². The molecule has 36 heavy (non-hydrogen) atoms. The summed E-state index contributed by atoms with van der Waals surface area (Å²) in [5.41, 5.74) is -9.08. The first-order chi connectivity index (χ1) is 16.5. The Morgan fingerprint density at radius 1 is 1.17 bits per heavy atom. The summed E-state index contributed by atoms with van der Waals surface area (Å²) in [7, 11) is -5.19. The van der Waals surface area contributed by atoms with Gasteiger partial charge in [0.05, 0.1) is 28.8 Å². The summed E-state index contributed by atoms with van der Waals surface area (Å²) >= 11 is 11.9. The number of alkyl halides is 6. The third kappa shape index (κ3) is 5.90. The molecule has 9 nitrogen and oxygen atoms in total. The normalized spacial score (nSPS) is 12.2. The number of rotatable bonds is 7. The minimum absolute atomic E-state index is 0.0497. The number of aromatic nitrogens is 2. The zero-order valence-corrected chi connectivity index (χ0v) is 20.4. The number of benzene rings is 1. The molecule has 0 spiro atoms. The van der Waals surface area contributed by atoms with Gasteiger partial charge in [0, 0.05) is 7.05 Å². The lowest BCUT2D eigenvalue weighted by atomic mass is 10.2. The van der Waals surface area contributed by atoms with Crippen molar-refractivity contribution in [2.45, 2.75) is 23.5 Å². The molecule has 0 aliphatic heterocycles. The van der Waals surface area contributed by atoms with Crippen LogP contribution in [0.2, 0.25) is 10.0 Å². The molecule has 1 heterocycles. The molecule has 18 heteroatoms. The van der Waals surface area contributed by atoms with E-state index in [0.717, 1.165) is 11.9 Å². The van der Waals surface area contributed by atoms with Crippen molar-refractivity contribution in [2.24, 2.45) is 0 Å². The van der Waals surface area contributed by atoms with Gasteiger partial charge >= 0.3 is 17.8 Å². The second-order valence-corrected chi connectivity index (χ2v) is 9.41. The van der Waals surface area contributed by atoms with Crippen LogP contribution < -0.4 is 4.90 Å². The summed E-state index contributed by atoms with van der Waals surface area (Å²) in [6.07, 6.45) is -6.03. The van der Waals surface area contributed by atoms with Gasteiger partial charge in [0.1, 0.15) is 18.4 Å². The first kappa shape index (κ1) is 29.3.